The van der Waals surface area contributed by atoms with Gasteiger partial charge in [-0.25, -0.2) is 0 Å². The first-order valence-electron chi connectivity index (χ1n) is 7.32. The van der Waals surface area contributed by atoms with Gasteiger partial charge < -0.3 is 24.8 Å². The van der Waals surface area contributed by atoms with Crippen molar-refractivity contribution in [2.24, 2.45) is 17.8 Å². The van der Waals surface area contributed by atoms with E-state index in [1.165, 1.54) is 0 Å². The number of hydrogen-bond donors (Lipinski definition) is 0. The standard InChI is InChI=1S/C14H32N2Si2.2CH3.Zr/c1-10-11(2)13(17(6,7)15-4)14(12(10)3)18(8,9)16-5;;;/h10-14H,1-9H3;2*1H3;/q-2;2*-1;+4. The quantitative estimate of drug-likeness (QED) is 0.407. The summed E-state index contributed by atoms with van der Waals surface area (Å²) >= 11 is 0. The van der Waals surface area contributed by atoms with Gasteiger partial charge in [0.05, 0.1) is 0 Å². The number of hydrogen-bond acceptors (Lipinski definition) is 0. The average Bonchev–Trinajstić information content (AvgIpc) is 2.54. The van der Waals surface area contributed by atoms with Crippen molar-refractivity contribution in [3.05, 3.63) is 24.8 Å². The normalized spacial score (nSPS) is 32.7. The van der Waals surface area contributed by atoms with Crippen LogP contribution in [-0.2, 0) is 26.2 Å². The fourth-order valence-electron chi connectivity index (χ4n) is 4.25. The van der Waals surface area contributed by atoms with E-state index in [-0.39, 0.29) is 41.1 Å². The zero-order valence-corrected chi connectivity index (χ0v) is 20.7. The Morgan fingerprint density at radius 1 is 0.619 bits per heavy atom. The van der Waals surface area contributed by atoms with Gasteiger partial charge in [0.15, 0.2) is 0 Å². The third kappa shape index (κ3) is 5.10. The fraction of sp³-hybridized carbons (Fsp3) is 0.875. The van der Waals surface area contributed by atoms with Gasteiger partial charge in [0.2, 0.25) is 0 Å². The summed E-state index contributed by atoms with van der Waals surface area (Å²) in [6, 6.07) is 0. The van der Waals surface area contributed by atoms with Crippen molar-refractivity contribution in [2.75, 3.05) is 14.1 Å². The molecule has 124 valence electrons. The van der Waals surface area contributed by atoms with Gasteiger partial charge in [-0.2, -0.15) is 14.1 Å². The van der Waals surface area contributed by atoms with Crippen LogP contribution in [0.15, 0.2) is 0 Å². The van der Waals surface area contributed by atoms with Crippen molar-refractivity contribution in [1.82, 2.24) is 0 Å². The van der Waals surface area contributed by atoms with Gasteiger partial charge >= 0.3 is 26.2 Å². The molecule has 0 aliphatic heterocycles. The van der Waals surface area contributed by atoms with Gasteiger partial charge in [0, 0.05) is 0 Å². The van der Waals surface area contributed by atoms with Crippen LogP contribution in [0.1, 0.15) is 20.8 Å². The first-order chi connectivity index (χ1) is 8.10. The third-order valence-electron chi connectivity index (χ3n) is 5.96. The summed E-state index contributed by atoms with van der Waals surface area (Å²) in [6.07, 6.45) is 0. The van der Waals surface area contributed by atoms with Crippen LogP contribution in [0.2, 0.25) is 37.3 Å². The first-order valence-corrected chi connectivity index (χ1v) is 13.4. The fourth-order valence-corrected chi connectivity index (χ4v) is 12.8. The zero-order chi connectivity index (χ0) is 14.3. The van der Waals surface area contributed by atoms with Crippen LogP contribution in [0.4, 0.5) is 0 Å². The Kier molecular flexibility index (Phi) is 12.3. The third-order valence-corrected chi connectivity index (χ3v) is 13.6. The van der Waals surface area contributed by atoms with E-state index in [0.29, 0.717) is 0 Å². The molecular weight excluding hydrogens is 368 g/mol. The monoisotopic (exact) mass is 404 g/mol. The second kappa shape index (κ2) is 9.51. The predicted molar refractivity (Wildman–Crippen MR) is 101 cm³/mol. The van der Waals surface area contributed by atoms with E-state index in [4.69, 9.17) is 9.96 Å². The molecule has 0 heterocycles. The molecule has 0 aromatic rings. The van der Waals surface area contributed by atoms with Crippen LogP contribution >= 0.6 is 0 Å². The van der Waals surface area contributed by atoms with Crippen LogP contribution in [0.5, 0.6) is 0 Å². The Morgan fingerprint density at radius 2 is 0.857 bits per heavy atom. The summed E-state index contributed by atoms with van der Waals surface area (Å²) in [5.74, 6) is 2.44. The van der Waals surface area contributed by atoms with Gasteiger partial charge in [-0.05, 0) is 17.8 Å². The van der Waals surface area contributed by atoms with E-state index in [2.05, 4.69) is 47.0 Å². The van der Waals surface area contributed by atoms with E-state index in [0.717, 1.165) is 28.8 Å². The Bertz CT molecular complexity index is 270. The van der Waals surface area contributed by atoms with Crippen molar-refractivity contribution >= 4 is 16.5 Å². The second-order valence-corrected chi connectivity index (χ2v) is 16.2. The summed E-state index contributed by atoms with van der Waals surface area (Å²) in [4.78, 5) is 9.68. The van der Waals surface area contributed by atoms with Crippen molar-refractivity contribution in [3.8, 4) is 0 Å². The summed E-state index contributed by atoms with van der Waals surface area (Å²) in [7, 11) is 1.13. The average molecular weight is 406 g/mol. The predicted octanol–water partition coefficient (Wildman–Crippen LogP) is 5.96. The van der Waals surface area contributed by atoms with Gasteiger partial charge in [-0.3, -0.25) is 0 Å². The second-order valence-electron chi connectivity index (χ2n) is 7.38. The maximum atomic E-state index is 4.84. The minimum atomic E-state index is -1.48. The molecule has 2 nitrogen and oxygen atoms in total. The molecule has 5 heteroatoms. The molecule has 0 radical (unpaired) electrons. The molecule has 21 heavy (non-hydrogen) atoms. The molecule has 0 bridgehead atoms. The molecule has 1 fully saturated rings. The van der Waals surface area contributed by atoms with E-state index in [1.54, 1.807) is 0 Å². The topological polar surface area (TPSA) is 28.2 Å². The van der Waals surface area contributed by atoms with Crippen molar-refractivity contribution < 1.29 is 26.2 Å². The summed E-state index contributed by atoms with van der Waals surface area (Å²) in [5, 5.41) is 0. The molecule has 4 unspecified atom stereocenters. The molecule has 0 aromatic carbocycles. The Morgan fingerprint density at radius 3 is 1.05 bits per heavy atom. The molecule has 1 aliphatic carbocycles. The smallest absolute Gasteiger partial charge is 0.667 e. The SMILES string of the molecule is C[N-][Si](C)(C)C1C(C)C(C)C(C)C1[Si](C)(C)[N-]C.[CH3-].[CH3-].[Zr+4]. The molecule has 0 amide bonds. The molecule has 0 N–H and O–H groups in total. The summed E-state index contributed by atoms with van der Waals surface area (Å²) in [5.41, 5.74) is 1.63. The zero-order valence-electron chi connectivity index (χ0n) is 16.3. The van der Waals surface area contributed by atoms with Gasteiger partial charge in [0.25, 0.3) is 0 Å². The van der Waals surface area contributed by atoms with Gasteiger partial charge in [-0.15, -0.1) is 0 Å². The molecule has 0 aromatic heterocycles. The molecule has 0 spiro atoms. The van der Waals surface area contributed by atoms with Crippen LogP contribution in [-0.4, -0.2) is 30.6 Å². The maximum Gasteiger partial charge on any atom is 4.00 e. The van der Waals surface area contributed by atoms with Crippen molar-refractivity contribution in [2.45, 2.75) is 58.0 Å². The van der Waals surface area contributed by atoms with Crippen LogP contribution in [0.25, 0.3) is 9.96 Å². The molecular formula is C16H38N2Si2Zr. The molecule has 1 aliphatic rings. The summed E-state index contributed by atoms with van der Waals surface area (Å²) < 4.78 is 0. The van der Waals surface area contributed by atoms with Crippen LogP contribution < -0.4 is 0 Å². The van der Waals surface area contributed by atoms with E-state index in [1.807, 2.05) is 14.1 Å². The Hall–Kier alpha value is 1.24. The molecule has 4 atom stereocenters. The molecule has 0 saturated heterocycles. The van der Waals surface area contributed by atoms with Gasteiger partial charge in [-0.1, -0.05) is 74.5 Å². The minimum absolute atomic E-state index is 0. The Balaban J connectivity index is -0.00000108. The maximum absolute atomic E-state index is 4.84. The van der Waals surface area contributed by atoms with E-state index >= 15 is 0 Å². The first kappa shape index (κ1) is 27.1. The van der Waals surface area contributed by atoms with Gasteiger partial charge in [0.1, 0.15) is 0 Å². The number of rotatable bonds is 4. The van der Waals surface area contributed by atoms with E-state index < -0.39 is 16.5 Å². The molecule has 1 rings (SSSR count). The van der Waals surface area contributed by atoms with E-state index in [9.17, 15) is 0 Å². The Labute approximate surface area is 156 Å². The molecule has 1 saturated carbocycles. The minimum Gasteiger partial charge on any atom is -0.667 e. The van der Waals surface area contributed by atoms with Crippen LogP contribution in [0, 0.1) is 32.6 Å². The summed E-state index contributed by atoms with van der Waals surface area (Å²) in [6.45, 7) is 17.2. The van der Waals surface area contributed by atoms with Crippen molar-refractivity contribution in [1.29, 1.82) is 0 Å². The van der Waals surface area contributed by atoms with Crippen LogP contribution in [0.3, 0.4) is 0 Å². The largest absolute Gasteiger partial charge is 4.00 e. The number of nitrogens with zero attached hydrogens (tertiary/aromatic N) is 2. The van der Waals surface area contributed by atoms with Crippen molar-refractivity contribution in [3.63, 3.8) is 0 Å².